The van der Waals surface area contributed by atoms with Crippen LogP contribution in [0.1, 0.15) is 17.0 Å². The third kappa shape index (κ3) is 1.49. The molecule has 1 saturated heterocycles. The minimum Gasteiger partial charge on any atom is -0.438 e. The van der Waals surface area contributed by atoms with Crippen molar-refractivity contribution in [2.45, 2.75) is 6.42 Å². The van der Waals surface area contributed by atoms with Crippen LogP contribution in [-0.4, -0.2) is 19.4 Å². The van der Waals surface area contributed by atoms with Crippen molar-refractivity contribution in [3.63, 3.8) is 0 Å². The molecule has 1 aromatic heterocycles. The van der Waals surface area contributed by atoms with E-state index in [0.29, 0.717) is 12.0 Å². The van der Waals surface area contributed by atoms with E-state index in [0.717, 1.165) is 25.4 Å². The second kappa shape index (κ2) is 3.09. The van der Waals surface area contributed by atoms with E-state index in [4.69, 9.17) is 4.42 Å². The molecule has 0 aromatic carbocycles. The topological polar surface area (TPSA) is 33.5 Å². The fourth-order valence-corrected chi connectivity index (χ4v) is 1.48. The summed E-state index contributed by atoms with van der Waals surface area (Å²) in [4.78, 5) is 12.4. The maximum absolute atomic E-state index is 10.4. The monoisotopic (exact) mass is 177 g/mol. The number of furan rings is 1. The lowest BCUT2D eigenvalue weighted by molar-refractivity contribution is 0.110. The Morgan fingerprint density at radius 3 is 2.92 bits per heavy atom. The Kier molecular flexibility index (Phi) is 1.93. The van der Waals surface area contributed by atoms with Gasteiger partial charge in [-0.05, 0) is 12.5 Å². The van der Waals surface area contributed by atoms with Crippen LogP contribution < -0.4 is 4.90 Å². The van der Waals surface area contributed by atoms with Crippen molar-refractivity contribution in [1.29, 1.82) is 0 Å². The molecule has 1 aromatic rings. The van der Waals surface area contributed by atoms with Gasteiger partial charge in [-0.1, -0.05) is 12.2 Å². The van der Waals surface area contributed by atoms with Gasteiger partial charge in [-0.15, -0.1) is 0 Å². The van der Waals surface area contributed by atoms with Crippen LogP contribution in [0.15, 0.2) is 28.7 Å². The quantitative estimate of drug-likeness (QED) is 0.510. The standard InChI is InChI=1S/C10H11NO2/c1-8-4-5-11(6-8)10-3-2-9(7-12)13-10/h2-3,7H,1,4-6H2. The van der Waals surface area contributed by atoms with Gasteiger partial charge in [0.25, 0.3) is 0 Å². The Balaban J connectivity index is 2.16. The van der Waals surface area contributed by atoms with E-state index in [1.165, 1.54) is 5.57 Å². The van der Waals surface area contributed by atoms with Gasteiger partial charge in [-0.3, -0.25) is 4.79 Å². The van der Waals surface area contributed by atoms with Gasteiger partial charge < -0.3 is 9.32 Å². The number of rotatable bonds is 2. The molecule has 13 heavy (non-hydrogen) atoms. The predicted molar refractivity (Wildman–Crippen MR) is 50.1 cm³/mol. The fraction of sp³-hybridized carbons (Fsp3) is 0.300. The third-order valence-electron chi connectivity index (χ3n) is 2.19. The minimum absolute atomic E-state index is 0.382. The number of hydrogen-bond donors (Lipinski definition) is 0. The molecule has 0 spiro atoms. The van der Waals surface area contributed by atoms with Crippen molar-refractivity contribution in [3.05, 3.63) is 30.0 Å². The van der Waals surface area contributed by atoms with Gasteiger partial charge >= 0.3 is 0 Å². The maximum atomic E-state index is 10.4. The van der Waals surface area contributed by atoms with Gasteiger partial charge in [0.2, 0.25) is 0 Å². The summed E-state index contributed by atoms with van der Waals surface area (Å²) in [5.74, 6) is 1.15. The lowest BCUT2D eigenvalue weighted by Gasteiger charge is -2.12. The number of nitrogens with zero attached hydrogens (tertiary/aromatic N) is 1. The van der Waals surface area contributed by atoms with Crippen molar-refractivity contribution >= 4 is 12.2 Å². The van der Waals surface area contributed by atoms with Gasteiger partial charge in [0.1, 0.15) is 0 Å². The first kappa shape index (κ1) is 8.10. The smallest absolute Gasteiger partial charge is 0.196 e. The molecule has 68 valence electrons. The summed E-state index contributed by atoms with van der Waals surface area (Å²) in [5, 5.41) is 0. The Morgan fingerprint density at radius 2 is 2.38 bits per heavy atom. The predicted octanol–water partition coefficient (Wildman–Crippen LogP) is 1.86. The maximum Gasteiger partial charge on any atom is 0.196 e. The summed E-state index contributed by atoms with van der Waals surface area (Å²) >= 11 is 0. The first-order valence-electron chi connectivity index (χ1n) is 4.26. The molecule has 0 aliphatic carbocycles. The second-order valence-electron chi connectivity index (χ2n) is 3.22. The average molecular weight is 177 g/mol. The summed E-state index contributed by atoms with van der Waals surface area (Å²) in [6.45, 7) is 5.68. The summed E-state index contributed by atoms with van der Waals surface area (Å²) in [7, 11) is 0. The molecule has 1 aliphatic rings. The molecule has 0 bridgehead atoms. The molecular formula is C10H11NO2. The molecule has 0 atom stereocenters. The van der Waals surface area contributed by atoms with Crippen LogP contribution in [0.25, 0.3) is 0 Å². The van der Waals surface area contributed by atoms with Crippen LogP contribution in [0.5, 0.6) is 0 Å². The van der Waals surface area contributed by atoms with E-state index in [1.54, 1.807) is 6.07 Å². The van der Waals surface area contributed by atoms with Gasteiger partial charge in [-0.2, -0.15) is 0 Å². The second-order valence-corrected chi connectivity index (χ2v) is 3.22. The zero-order valence-corrected chi connectivity index (χ0v) is 7.32. The molecule has 1 aliphatic heterocycles. The molecule has 0 amide bonds. The molecule has 0 N–H and O–H groups in total. The van der Waals surface area contributed by atoms with Crippen LogP contribution in [0.3, 0.4) is 0 Å². The van der Waals surface area contributed by atoms with Crippen LogP contribution in [-0.2, 0) is 0 Å². The van der Waals surface area contributed by atoms with Crippen LogP contribution in [0.2, 0.25) is 0 Å². The number of aldehydes is 1. The summed E-state index contributed by atoms with van der Waals surface area (Å²) < 4.78 is 5.28. The Hall–Kier alpha value is -1.51. The number of carbonyl (C=O) groups is 1. The van der Waals surface area contributed by atoms with Gasteiger partial charge in [0, 0.05) is 19.2 Å². The van der Waals surface area contributed by atoms with Crippen LogP contribution >= 0.6 is 0 Å². The largest absolute Gasteiger partial charge is 0.438 e. The lowest BCUT2D eigenvalue weighted by atomic mass is 10.3. The first-order chi connectivity index (χ1) is 6.29. The highest BCUT2D eigenvalue weighted by atomic mass is 16.4. The Bertz CT molecular complexity index is 340. The van der Waals surface area contributed by atoms with Crippen molar-refractivity contribution in [2.75, 3.05) is 18.0 Å². The molecule has 0 saturated carbocycles. The highest BCUT2D eigenvalue weighted by Gasteiger charge is 2.17. The van der Waals surface area contributed by atoms with E-state index < -0.39 is 0 Å². The summed E-state index contributed by atoms with van der Waals surface area (Å²) in [6, 6.07) is 3.51. The zero-order valence-electron chi connectivity index (χ0n) is 7.32. The molecule has 3 heteroatoms. The number of anilines is 1. The SMILES string of the molecule is C=C1CCN(c2ccc(C=O)o2)C1. The highest BCUT2D eigenvalue weighted by Crippen LogP contribution is 2.23. The zero-order chi connectivity index (χ0) is 9.26. The molecule has 3 nitrogen and oxygen atoms in total. The minimum atomic E-state index is 0.382. The summed E-state index contributed by atoms with van der Waals surface area (Å²) in [5.41, 5.74) is 1.21. The van der Waals surface area contributed by atoms with E-state index in [1.807, 2.05) is 6.07 Å². The lowest BCUT2D eigenvalue weighted by Crippen LogP contribution is -2.16. The van der Waals surface area contributed by atoms with Gasteiger partial charge in [0.05, 0.1) is 0 Å². The van der Waals surface area contributed by atoms with E-state index in [2.05, 4.69) is 11.5 Å². The molecular weight excluding hydrogens is 166 g/mol. The Labute approximate surface area is 76.6 Å². The number of hydrogen-bond acceptors (Lipinski definition) is 3. The van der Waals surface area contributed by atoms with E-state index in [-0.39, 0.29) is 0 Å². The molecule has 0 unspecified atom stereocenters. The molecule has 1 fully saturated rings. The van der Waals surface area contributed by atoms with Crippen molar-refractivity contribution in [1.82, 2.24) is 0 Å². The van der Waals surface area contributed by atoms with Gasteiger partial charge in [-0.25, -0.2) is 0 Å². The van der Waals surface area contributed by atoms with E-state index >= 15 is 0 Å². The highest BCUT2D eigenvalue weighted by molar-refractivity contribution is 5.71. The van der Waals surface area contributed by atoms with Crippen LogP contribution in [0, 0.1) is 0 Å². The van der Waals surface area contributed by atoms with Crippen molar-refractivity contribution < 1.29 is 9.21 Å². The van der Waals surface area contributed by atoms with Crippen molar-refractivity contribution in [3.8, 4) is 0 Å². The molecule has 2 rings (SSSR count). The van der Waals surface area contributed by atoms with Crippen LogP contribution in [0.4, 0.5) is 5.88 Å². The number of carbonyl (C=O) groups excluding carboxylic acids is 1. The first-order valence-corrected chi connectivity index (χ1v) is 4.26. The normalized spacial score (nSPS) is 16.6. The van der Waals surface area contributed by atoms with Gasteiger partial charge in [0.15, 0.2) is 17.9 Å². The molecule has 2 heterocycles. The molecule has 0 radical (unpaired) electrons. The third-order valence-corrected chi connectivity index (χ3v) is 2.19. The fourth-order valence-electron chi connectivity index (χ4n) is 1.48. The average Bonchev–Trinajstić information content (AvgIpc) is 2.71. The summed E-state index contributed by atoms with van der Waals surface area (Å²) in [6.07, 6.45) is 1.73. The van der Waals surface area contributed by atoms with Crippen molar-refractivity contribution in [2.24, 2.45) is 0 Å². The Morgan fingerprint density at radius 1 is 1.54 bits per heavy atom. The van der Waals surface area contributed by atoms with E-state index in [9.17, 15) is 4.79 Å².